The number of likely N-dealkylation sites (N-methyl/N-ethyl adjacent to an activating group) is 1. The van der Waals surface area contributed by atoms with Gasteiger partial charge in [0.15, 0.2) is 0 Å². The van der Waals surface area contributed by atoms with Crippen molar-refractivity contribution in [2.24, 2.45) is 0 Å². The number of hydrazine groups is 1. The Morgan fingerprint density at radius 2 is 1.80 bits per heavy atom. The minimum absolute atomic E-state index is 0. The zero-order chi connectivity index (χ0) is 30.8. The average Bonchev–Trinajstić information content (AvgIpc) is 3.43. The van der Waals surface area contributed by atoms with Gasteiger partial charge in [-0.1, -0.05) is 74.0 Å². The van der Waals surface area contributed by atoms with Gasteiger partial charge in [-0.15, -0.1) is 6.42 Å². The van der Waals surface area contributed by atoms with Crippen LogP contribution < -0.4 is 5.32 Å². The Morgan fingerprint density at radius 3 is 2.53 bits per heavy atom. The van der Waals surface area contributed by atoms with E-state index in [1.807, 2.05) is 54.7 Å². The van der Waals surface area contributed by atoms with E-state index < -0.39 is 12.2 Å². The Balaban J connectivity index is 0.00000400. The lowest BCUT2D eigenvalue weighted by Gasteiger charge is -2.54. The van der Waals surface area contributed by atoms with Gasteiger partial charge in [-0.05, 0) is 28.8 Å². The highest BCUT2D eigenvalue weighted by Crippen LogP contribution is 2.30. The second-order valence-corrected chi connectivity index (χ2v) is 11.1. The van der Waals surface area contributed by atoms with E-state index in [-0.39, 0.29) is 57.1 Å². The third-order valence-corrected chi connectivity index (χ3v) is 8.08. The Bertz CT molecular complexity index is 1730. The number of aromatic nitrogens is 2. The standard InChI is InChI=1S/C33H33N7O4.CH4/c1-3-16-38-20-26-11-7-10-25(31(26)35-38)19-37-21-29-39(28(32(37)43)17-23-12-14-27(41)15-13-23)30(42)22-36(2)40(29)33(44)34-18-24-8-5-4-6-9-24;/h1,4-15,20,28-29,41H,16-19,21-22H2,2H3,(H,34,44);1H4/t28-,29-;/m0./s1. The summed E-state index contributed by atoms with van der Waals surface area (Å²) in [5.74, 6) is 2.24. The third-order valence-electron chi connectivity index (χ3n) is 8.08. The van der Waals surface area contributed by atoms with Crippen molar-refractivity contribution in [3.63, 3.8) is 0 Å². The number of amides is 4. The topological polar surface area (TPSA) is 114 Å². The number of carbonyl (C=O) groups excluding carboxylic acids is 3. The molecule has 2 aliphatic rings. The molecule has 2 atom stereocenters. The zero-order valence-electron chi connectivity index (χ0n) is 24.3. The van der Waals surface area contributed by atoms with Gasteiger partial charge in [0.2, 0.25) is 11.8 Å². The molecule has 3 aromatic carbocycles. The first-order valence-electron chi connectivity index (χ1n) is 14.4. The highest BCUT2D eigenvalue weighted by atomic mass is 16.3. The molecule has 3 heterocycles. The minimum atomic E-state index is -0.859. The maximum Gasteiger partial charge on any atom is 0.334 e. The first kappa shape index (κ1) is 31.1. The lowest BCUT2D eigenvalue weighted by Crippen LogP contribution is -2.76. The largest absolute Gasteiger partial charge is 0.508 e. The van der Waals surface area contributed by atoms with E-state index in [9.17, 15) is 19.5 Å². The van der Waals surface area contributed by atoms with Crippen LogP contribution in [0.25, 0.3) is 10.9 Å². The number of nitrogens with one attached hydrogen (secondary N) is 1. The molecular formula is C34H37N7O4. The number of piperazine rings is 1. The summed E-state index contributed by atoms with van der Waals surface area (Å²) in [5.41, 5.74) is 3.29. The average molecular weight is 608 g/mol. The number of rotatable bonds is 7. The number of nitrogens with zero attached hydrogens (tertiary/aromatic N) is 6. The van der Waals surface area contributed by atoms with Gasteiger partial charge in [-0.2, -0.15) is 5.10 Å². The second kappa shape index (κ2) is 13.1. The number of aromatic hydroxyl groups is 1. The van der Waals surface area contributed by atoms with Crippen LogP contribution in [-0.2, 0) is 35.6 Å². The van der Waals surface area contributed by atoms with E-state index in [0.717, 1.165) is 27.6 Å². The number of phenols is 1. The van der Waals surface area contributed by atoms with Crippen LogP contribution in [0.2, 0.25) is 0 Å². The van der Waals surface area contributed by atoms with Crippen molar-refractivity contribution in [3.05, 3.63) is 95.7 Å². The third kappa shape index (κ3) is 6.32. The van der Waals surface area contributed by atoms with Gasteiger partial charge < -0.3 is 20.2 Å². The molecule has 4 aromatic rings. The van der Waals surface area contributed by atoms with Gasteiger partial charge in [0.25, 0.3) is 0 Å². The molecule has 2 N–H and O–H groups in total. The van der Waals surface area contributed by atoms with Crippen LogP contribution >= 0.6 is 0 Å². The highest BCUT2D eigenvalue weighted by Gasteiger charge is 2.50. The molecule has 45 heavy (non-hydrogen) atoms. The number of phenolic OH excluding ortho intramolecular Hbond substituents is 1. The lowest BCUT2D eigenvalue weighted by molar-refractivity contribution is -0.187. The molecule has 2 fully saturated rings. The number of hydrogen-bond donors (Lipinski definition) is 2. The number of urea groups is 1. The summed E-state index contributed by atoms with van der Waals surface area (Å²) in [6.07, 6.45) is 6.86. The maximum atomic E-state index is 14.2. The van der Waals surface area contributed by atoms with Crippen molar-refractivity contribution in [1.29, 1.82) is 0 Å². The molecule has 0 aliphatic carbocycles. The zero-order valence-corrected chi connectivity index (χ0v) is 24.3. The number of hydrogen-bond acceptors (Lipinski definition) is 6. The van der Waals surface area contributed by atoms with Gasteiger partial charge in [-0.3, -0.25) is 14.3 Å². The van der Waals surface area contributed by atoms with Gasteiger partial charge in [0.05, 0.1) is 18.6 Å². The molecule has 6 rings (SSSR count). The van der Waals surface area contributed by atoms with Crippen LogP contribution in [-0.4, -0.2) is 84.9 Å². The van der Waals surface area contributed by atoms with Crippen LogP contribution in [0.5, 0.6) is 5.75 Å². The van der Waals surface area contributed by atoms with Crippen LogP contribution in [0.3, 0.4) is 0 Å². The number of terminal acetylenes is 1. The predicted octanol–water partition coefficient (Wildman–Crippen LogP) is 3.19. The first-order chi connectivity index (χ1) is 21.3. The van der Waals surface area contributed by atoms with Crippen LogP contribution in [0.15, 0.2) is 79.0 Å². The Morgan fingerprint density at radius 1 is 1.04 bits per heavy atom. The maximum absolute atomic E-state index is 14.2. The molecule has 0 unspecified atom stereocenters. The minimum Gasteiger partial charge on any atom is -0.508 e. The van der Waals surface area contributed by atoms with E-state index in [4.69, 9.17) is 6.42 Å². The molecule has 11 heteroatoms. The van der Waals surface area contributed by atoms with Crippen molar-refractivity contribution >= 4 is 28.7 Å². The van der Waals surface area contributed by atoms with E-state index in [1.165, 1.54) is 5.01 Å². The quantitative estimate of drug-likeness (QED) is 0.312. The summed E-state index contributed by atoms with van der Waals surface area (Å²) in [4.78, 5) is 44.7. The Hall–Kier alpha value is -5.34. The van der Waals surface area contributed by atoms with Crippen LogP contribution in [0.4, 0.5) is 4.79 Å². The smallest absolute Gasteiger partial charge is 0.334 e. The molecule has 1 aromatic heterocycles. The number of carbonyl (C=O) groups is 3. The monoisotopic (exact) mass is 607 g/mol. The summed E-state index contributed by atoms with van der Waals surface area (Å²) >= 11 is 0. The van der Waals surface area contributed by atoms with Gasteiger partial charge in [-0.25, -0.2) is 14.8 Å². The van der Waals surface area contributed by atoms with Crippen LogP contribution in [0.1, 0.15) is 24.1 Å². The van der Waals surface area contributed by atoms with Crippen molar-refractivity contribution in [2.45, 2.75) is 45.7 Å². The summed E-state index contributed by atoms with van der Waals surface area (Å²) in [7, 11) is 1.70. The Kier molecular flexibility index (Phi) is 9.06. The van der Waals surface area contributed by atoms with E-state index in [0.29, 0.717) is 13.1 Å². The lowest BCUT2D eigenvalue weighted by atomic mass is 9.98. The molecule has 0 radical (unpaired) electrons. The number of fused-ring (bicyclic) bond motifs is 2. The van der Waals surface area contributed by atoms with Crippen molar-refractivity contribution < 1.29 is 19.5 Å². The normalized spacial score (nSPS) is 18.4. The SMILES string of the molecule is C.C#CCn1cc2cccc(CN3C[C@H]4N(C(=O)CN(C)N4C(=O)NCc4ccccc4)[C@@H](Cc4ccc(O)cc4)C3=O)c2n1. The first-order valence-corrected chi connectivity index (χ1v) is 14.4. The summed E-state index contributed by atoms with van der Waals surface area (Å²) in [5, 5.41) is 21.5. The molecule has 232 valence electrons. The molecule has 4 amide bonds. The Labute approximate surface area is 262 Å². The highest BCUT2D eigenvalue weighted by molar-refractivity contribution is 5.92. The van der Waals surface area contributed by atoms with Crippen molar-refractivity contribution in [1.82, 2.24) is 34.9 Å². The van der Waals surface area contributed by atoms with E-state index >= 15 is 0 Å². The second-order valence-electron chi connectivity index (χ2n) is 11.1. The summed E-state index contributed by atoms with van der Waals surface area (Å²) in [6.45, 7) is 0.926. The van der Waals surface area contributed by atoms with Gasteiger partial charge in [0.1, 0.15) is 24.5 Å². The molecule has 0 bridgehead atoms. The fraction of sp³-hybridized carbons (Fsp3) is 0.294. The predicted molar refractivity (Wildman–Crippen MR) is 170 cm³/mol. The number of benzene rings is 3. The molecule has 0 spiro atoms. The molecule has 2 aliphatic heterocycles. The van der Waals surface area contributed by atoms with Crippen molar-refractivity contribution in [2.75, 3.05) is 20.1 Å². The van der Waals surface area contributed by atoms with Crippen LogP contribution in [0, 0.1) is 12.3 Å². The summed E-state index contributed by atoms with van der Waals surface area (Å²) in [6, 6.07) is 20.7. The molecule has 2 saturated heterocycles. The van der Waals surface area contributed by atoms with E-state index in [2.05, 4.69) is 16.3 Å². The molecule has 11 nitrogen and oxygen atoms in total. The van der Waals surface area contributed by atoms with Crippen molar-refractivity contribution in [3.8, 4) is 18.1 Å². The fourth-order valence-electron chi connectivity index (χ4n) is 6.02. The fourth-order valence-corrected chi connectivity index (χ4v) is 6.02. The van der Waals surface area contributed by atoms with Gasteiger partial charge in [0, 0.05) is 38.1 Å². The van der Waals surface area contributed by atoms with E-state index in [1.54, 1.807) is 50.8 Å². The molecular weight excluding hydrogens is 570 g/mol. The summed E-state index contributed by atoms with van der Waals surface area (Å²) < 4.78 is 1.69. The van der Waals surface area contributed by atoms with Gasteiger partial charge >= 0.3 is 6.03 Å². The molecule has 0 saturated carbocycles.